The second kappa shape index (κ2) is 11.3. The summed E-state index contributed by atoms with van der Waals surface area (Å²) in [5.74, 6) is 0.590. The van der Waals surface area contributed by atoms with E-state index < -0.39 is 12.6 Å². The van der Waals surface area contributed by atoms with Gasteiger partial charge in [0.25, 0.3) is 11.8 Å². The molecule has 0 atom stereocenters. The molecule has 10 heteroatoms. The molecule has 1 fully saturated rings. The number of thiazole rings is 1. The molecule has 1 aromatic carbocycles. The van der Waals surface area contributed by atoms with E-state index in [1.165, 1.54) is 11.3 Å². The molecule has 0 bridgehead atoms. The molecule has 0 unspecified atom stereocenters. The Morgan fingerprint density at radius 3 is 2.76 bits per heavy atom. The Bertz CT molecular complexity index is 1220. The molecule has 2 aromatic rings. The van der Waals surface area contributed by atoms with Crippen LogP contribution < -0.4 is 0 Å². The van der Waals surface area contributed by atoms with Gasteiger partial charge >= 0.3 is 6.18 Å². The summed E-state index contributed by atoms with van der Waals surface area (Å²) in [6.07, 6.45) is 3.02. The normalized spacial score (nSPS) is 22.2. The topological polar surface area (TPSA) is 65.9 Å². The van der Waals surface area contributed by atoms with E-state index in [-0.39, 0.29) is 18.2 Å². The molecule has 0 spiro atoms. The fourth-order valence-electron chi connectivity index (χ4n) is 5.76. The van der Waals surface area contributed by atoms with E-state index in [2.05, 4.69) is 14.9 Å². The van der Waals surface area contributed by atoms with Gasteiger partial charge in [-0.2, -0.15) is 13.2 Å². The number of aromatic nitrogens is 1. The van der Waals surface area contributed by atoms with Crippen LogP contribution in [0.5, 0.6) is 0 Å². The van der Waals surface area contributed by atoms with Crippen LogP contribution in [0, 0.1) is 11.8 Å². The van der Waals surface area contributed by atoms with Gasteiger partial charge in [0, 0.05) is 61.7 Å². The Kier molecular flexibility index (Phi) is 8.00. The molecule has 2 aliphatic heterocycles. The molecule has 2 amide bonds. The smallest absolute Gasteiger partial charge is 0.337 e. The van der Waals surface area contributed by atoms with Crippen molar-refractivity contribution in [2.24, 2.45) is 16.8 Å². The van der Waals surface area contributed by atoms with Gasteiger partial charge in [0.1, 0.15) is 0 Å². The molecule has 3 aliphatic rings. The zero-order chi connectivity index (χ0) is 26.9. The number of aryl methyl sites for hydroxylation is 1. The second-order valence-corrected chi connectivity index (χ2v) is 11.9. The second-order valence-electron chi connectivity index (χ2n) is 10.8. The van der Waals surface area contributed by atoms with Gasteiger partial charge in [-0.25, -0.2) is 9.98 Å². The molecule has 6 nitrogen and oxygen atoms in total. The fourth-order valence-corrected chi connectivity index (χ4v) is 6.82. The molecule has 38 heavy (non-hydrogen) atoms. The number of alkyl halides is 3. The predicted octanol–water partition coefficient (Wildman–Crippen LogP) is 5.69. The fraction of sp³-hybridized carbons (Fsp3) is 0.571. The van der Waals surface area contributed by atoms with E-state index in [4.69, 9.17) is 0 Å². The molecule has 204 valence electrons. The largest absolute Gasteiger partial charge is 0.389 e. The first kappa shape index (κ1) is 27.0. The van der Waals surface area contributed by atoms with Gasteiger partial charge in [0.15, 0.2) is 0 Å². The number of hydrogen-bond acceptors (Lipinski definition) is 5. The third-order valence-electron chi connectivity index (χ3n) is 8.00. The van der Waals surface area contributed by atoms with E-state index in [9.17, 15) is 22.8 Å². The van der Waals surface area contributed by atoms with Gasteiger partial charge in [0.05, 0.1) is 10.7 Å². The predicted molar refractivity (Wildman–Crippen MR) is 141 cm³/mol. The highest BCUT2D eigenvalue weighted by atomic mass is 32.1. The van der Waals surface area contributed by atoms with Crippen molar-refractivity contribution in [2.45, 2.75) is 70.6 Å². The number of halogens is 3. The Labute approximate surface area is 224 Å². The standard InChI is InChI=1S/C28H33F3N4O2S/c1-34-16-22-20(3-2-4-21(22)27(34)37)26(36)32-15-19-7-5-18(6-8-19)10-13-35-14-11-24-23(17-35)33-25(38-24)9-12-28(29,30)31/h2-4,15,18-19H,5-14,16-17H2,1H3. The summed E-state index contributed by atoms with van der Waals surface area (Å²) in [7, 11) is 1.73. The van der Waals surface area contributed by atoms with E-state index in [0.29, 0.717) is 34.5 Å². The maximum absolute atomic E-state index is 12.8. The summed E-state index contributed by atoms with van der Waals surface area (Å²) >= 11 is 1.44. The van der Waals surface area contributed by atoms with Gasteiger partial charge in [-0.15, -0.1) is 11.3 Å². The van der Waals surface area contributed by atoms with Gasteiger partial charge in [0.2, 0.25) is 0 Å². The third kappa shape index (κ3) is 6.34. The molecule has 0 saturated heterocycles. The van der Waals surface area contributed by atoms with Gasteiger partial charge in [-0.1, -0.05) is 6.07 Å². The Morgan fingerprint density at radius 2 is 2.00 bits per heavy atom. The number of amides is 2. The number of hydrogen-bond donors (Lipinski definition) is 0. The third-order valence-corrected chi connectivity index (χ3v) is 9.22. The van der Waals surface area contributed by atoms with E-state index >= 15 is 0 Å². The molecule has 0 N–H and O–H groups in total. The van der Waals surface area contributed by atoms with Crippen molar-refractivity contribution in [2.75, 3.05) is 20.1 Å². The first-order chi connectivity index (χ1) is 18.2. The van der Waals surface area contributed by atoms with Crippen LogP contribution in [0.1, 0.15) is 80.4 Å². The average Bonchev–Trinajstić information content (AvgIpc) is 3.44. The summed E-state index contributed by atoms with van der Waals surface area (Å²) in [6, 6.07) is 5.26. The van der Waals surface area contributed by atoms with Crippen molar-refractivity contribution in [3.8, 4) is 0 Å². The lowest BCUT2D eigenvalue weighted by Gasteiger charge is -2.30. The van der Waals surface area contributed by atoms with Gasteiger partial charge in [-0.3, -0.25) is 14.5 Å². The summed E-state index contributed by atoms with van der Waals surface area (Å²) in [5.41, 5.74) is 2.84. The van der Waals surface area contributed by atoms with Crippen LogP contribution >= 0.6 is 11.3 Å². The number of rotatable bonds is 7. The van der Waals surface area contributed by atoms with Crippen molar-refractivity contribution >= 4 is 29.4 Å². The lowest BCUT2D eigenvalue weighted by Crippen LogP contribution is -2.32. The summed E-state index contributed by atoms with van der Waals surface area (Å²) in [6.45, 7) is 3.08. The maximum atomic E-state index is 12.8. The van der Waals surface area contributed by atoms with Crippen molar-refractivity contribution in [3.05, 3.63) is 50.5 Å². The molecule has 1 saturated carbocycles. The lowest BCUT2D eigenvalue weighted by atomic mass is 9.81. The number of carbonyl (C=O) groups excluding carboxylic acids is 2. The highest BCUT2D eigenvalue weighted by molar-refractivity contribution is 7.11. The quantitative estimate of drug-likeness (QED) is 0.419. The van der Waals surface area contributed by atoms with E-state index in [1.54, 1.807) is 30.1 Å². The molecule has 1 aromatic heterocycles. The van der Waals surface area contributed by atoms with Crippen LogP contribution in [-0.2, 0) is 25.9 Å². The number of carbonyl (C=O) groups is 2. The zero-order valence-corrected chi connectivity index (χ0v) is 22.4. The molecule has 1 aliphatic carbocycles. The highest BCUT2D eigenvalue weighted by Gasteiger charge is 2.30. The molecular weight excluding hydrogens is 513 g/mol. The zero-order valence-electron chi connectivity index (χ0n) is 21.6. The molecular formula is C28H33F3N4O2S. The summed E-state index contributed by atoms with van der Waals surface area (Å²) in [5, 5.41) is 0.602. The molecule has 0 radical (unpaired) electrons. The number of nitrogens with zero attached hydrogens (tertiary/aromatic N) is 4. The van der Waals surface area contributed by atoms with Crippen LogP contribution in [0.15, 0.2) is 23.2 Å². The summed E-state index contributed by atoms with van der Waals surface area (Å²) < 4.78 is 37.6. The first-order valence-electron chi connectivity index (χ1n) is 13.4. The minimum atomic E-state index is -4.14. The molecule has 3 heterocycles. The van der Waals surface area contributed by atoms with Gasteiger partial charge < -0.3 is 4.90 Å². The van der Waals surface area contributed by atoms with Crippen molar-refractivity contribution < 1.29 is 22.8 Å². The van der Waals surface area contributed by atoms with Crippen LogP contribution in [0.4, 0.5) is 13.2 Å². The SMILES string of the molecule is CN1Cc2c(C(=O)N=CC3CCC(CCN4CCc5sc(CCC(F)(F)F)nc5C4)CC3)cccc2C1=O. The van der Waals surface area contributed by atoms with Crippen molar-refractivity contribution in [1.29, 1.82) is 0 Å². The minimum absolute atomic E-state index is 0.0239. The molecule has 5 rings (SSSR count). The average molecular weight is 547 g/mol. The van der Waals surface area contributed by atoms with E-state index in [1.807, 2.05) is 6.21 Å². The highest BCUT2D eigenvalue weighted by Crippen LogP contribution is 2.32. The van der Waals surface area contributed by atoms with Crippen LogP contribution in [0.2, 0.25) is 0 Å². The van der Waals surface area contributed by atoms with Crippen LogP contribution in [0.3, 0.4) is 0 Å². The monoisotopic (exact) mass is 546 g/mol. The van der Waals surface area contributed by atoms with Gasteiger partial charge in [-0.05, 0) is 74.6 Å². The first-order valence-corrected chi connectivity index (χ1v) is 14.2. The van der Waals surface area contributed by atoms with Crippen LogP contribution in [-0.4, -0.2) is 59.1 Å². The van der Waals surface area contributed by atoms with Crippen molar-refractivity contribution in [1.82, 2.24) is 14.8 Å². The Morgan fingerprint density at radius 1 is 1.21 bits per heavy atom. The summed E-state index contributed by atoms with van der Waals surface area (Å²) in [4.78, 5) is 38.9. The lowest BCUT2D eigenvalue weighted by molar-refractivity contribution is -0.134. The Hall–Kier alpha value is -2.59. The number of fused-ring (bicyclic) bond motifs is 2. The minimum Gasteiger partial charge on any atom is -0.337 e. The van der Waals surface area contributed by atoms with E-state index in [0.717, 1.165) is 74.3 Å². The van der Waals surface area contributed by atoms with Crippen molar-refractivity contribution in [3.63, 3.8) is 0 Å². The number of aliphatic imine (C=N–C) groups is 1. The van der Waals surface area contributed by atoms with Crippen LogP contribution in [0.25, 0.3) is 0 Å². The number of benzene rings is 1. The maximum Gasteiger partial charge on any atom is 0.389 e. The Balaban J connectivity index is 1.06.